The summed E-state index contributed by atoms with van der Waals surface area (Å²) in [6.45, 7) is 2.11. The minimum Gasteiger partial charge on any atom is -0.393 e. The number of amides is 2. The highest BCUT2D eigenvalue weighted by atomic mass is 19.4. The molecule has 1 spiro atoms. The average Bonchev–Trinajstić information content (AvgIpc) is 3.30. The van der Waals surface area contributed by atoms with Crippen molar-refractivity contribution in [3.63, 3.8) is 0 Å². The number of nitrogens with one attached hydrogen (secondary N) is 2. The van der Waals surface area contributed by atoms with E-state index in [0.29, 0.717) is 66.3 Å². The second-order valence-corrected chi connectivity index (χ2v) is 10.6. The number of alkyl halides is 3. The van der Waals surface area contributed by atoms with E-state index < -0.39 is 18.8 Å². The summed E-state index contributed by atoms with van der Waals surface area (Å²) in [5.41, 5.74) is 1.11. The van der Waals surface area contributed by atoms with Crippen molar-refractivity contribution in [2.45, 2.75) is 50.0 Å². The molecule has 38 heavy (non-hydrogen) atoms. The molecule has 0 radical (unpaired) electrons. The zero-order chi connectivity index (χ0) is 26.7. The summed E-state index contributed by atoms with van der Waals surface area (Å²) in [5.74, 6) is 0.483. The minimum atomic E-state index is -4.45. The van der Waals surface area contributed by atoms with E-state index in [1.54, 1.807) is 11.0 Å². The fourth-order valence-electron chi connectivity index (χ4n) is 5.59. The molecule has 5 heterocycles. The van der Waals surface area contributed by atoms with Gasteiger partial charge in [-0.3, -0.25) is 14.8 Å². The number of piperidine rings is 1. The molecule has 0 aromatic carbocycles. The van der Waals surface area contributed by atoms with Gasteiger partial charge in [-0.2, -0.15) is 23.4 Å². The van der Waals surface area contributed by atoms with Crippen molar-refractivity contribution < 1.29 is 23.1 Å². The number of fused-ring (bicyclic) bond motifs is 1. The van der Waals surface area contributed by atoms with E-state index in [4.69, 9.17) is 0 Å². The maximum Gasteiger partial charge on any atom is 0.408 e. The molecule has 2 saturated heterocycles. The Kier molecular flexibility index (Phi) is 5.98. The van der Waals surface area contributed by atoms with Crippen molar-refractivity contribution in [1.82, 2.24) is 34.8 Å². The van der Waals surface area contributed by atoms with Gasteiger partial charge in [-0.15, -0.1) is 0 Å². The smallest absolute Gasteiger partial charge is 0.393 e. The van der Waals surface area contributed by atoms with Gasteiger partial charge >= 0.3 is 12.2 Å². The highest BCUT2D eigenvalue weighted by molar-refractivity contribution is 5.96. The van der Waals surface area contributed by atoms with Crippen LogP contribution in [0.15, 0.2) is 18.5 Å². The summed E-state index contributed by atoms with van der Waals surface area (Å²) in [7, 11) is 2.01. The Balaban J connectivity index is 1.31. The first kappa shape index (κ1) is 24.9. The highest BCUT2D eigenvalue weighted by Gasteiger charge is 2.53. The summed E-state index contributed by atoms with van der Waals surface area (Å²) < 4.78 is 41.3. The van der Waals surface area contributed by atoms with Crippen molar-refractivity contribution in [2.75, 3.05) is 50.0 Å². The van der Waals surface area contributed by atoms with Gasteiger partial charge in [0.15, 0.2) is 5.82 Å². The molecule has 11 nitrogen and oxygen atoms in total. The van der Waals surface area contributed by atoms with Crippen LogP contribution in [0.2, 0.25) is 0 Å². The summed E-state index contributed by atoms with van der Waals surface area (Å²) in [6.07, 6.45) is 0.935. The van der Waals surface area contributed by atoms with E-state index >= 15 is 0 Å². The number of pyridine rings is 1. The zero-order valence-corrected chi connectivity index (χ0v) is 21.0. The topological polar surface area (TPSA) is 118 Å². The molecule has 1 aliphatic carbocycles. The number of anilines is 2. The molecule has 3 N–H and O–H groups in total. The Morgan fingerprint density at radius 3 is 2.68 bits per heavy atom. The molecule has 2 amide bonds. The maximum absolute atomic E-state index is 13.4. The lowest BCUT2D eigenvalue weighted by Crippen LogP contribution is -2.51. The fourth-order valence-corrected chi connectivity index (χ4v) is 5.59. The number of carbonyl (C=O) groups is 1. The van der Waals surface area contributed by atoms with Crippen LogP contribution in [0.1, 0.15) is 25.7 Å². The van der Waals surface area contributed by atoms with E-state index in [2.05, 4.69) is 30.5 Å². The number of aliphatic hydroxyl groups is 1. The fraction of sp³-hybridized carbons (Fsp3) is 0.583. The number of aromatic amines is 1. The van der Waals surface area contributed by atoms with Gasteiger partial charge in [-0.1, -0.05) is 0 Å². The normalized spacial score (nSPS) is 21.9. The highest BCUT2D eigenvalue weighted by Crippen LogP contribution is 2.48. The summed E-state index contributed by atoms with van der Waals surface area (Å²) in [5, 5.41) is 24.7. The van der Waals surface area contributed by atoms with Gasteiger partial charge in [0.25, 0.3) is 0 Å². The lowest BCUT2D eigenvalue weighted by atomic mass is 9.98. The van der Waals surface area contributed by atoms with Crippen LogP contribution in [0.4, 0.5) is 29.5 Å². The van der Waals surface area contributed by atoms with E-state index in [9.17, 15) is 23.1 Å². The van der Waals surface area contributed by atoms with Crippen LogP contribution in [0.3, 0.4) is 0 Å². The molecule has 14 heteroatoms. The molecule has 0 bridgehead atoms. The number of H-pyrrole nitrogens is 1. The van der Waals surface area contributed by atoms with Crippen LogP contribution in [-0.4, -0.2) is 103 Å². The first-order chi connectivity index (χ1) is 18.1. The van der Waals surface area contributed by atoms with Crippen molar-refractivity contribution in [3.05, 3.63) is 18.5 Å². The van der Waals surface area contributed by atoms with Crippen molar-refractivity contribution in [2.24, 2.45) is 0 Å². The predicted octanol–water partition coefficient (Wildman–Crippen LogP) is 2.66. The Bertz CT molecular complexity index is 1340. The van der Waals surface area contributed by atoms with Crippen LogP contribution in [-0.2, 0) is 6.54 Å². The van der Waals surface area contributed by atoms with E-state index in [-0.39, 0.29) is 11.6 Å². The third kappa shape index (κ3) is 4.66. The van der Waals surface area contributed by atoms with Gasteiger partial charge < -0.3 is 25.1 Å². The van der Waals surface area contributed by atoms with Crippen LogP contribution in [0.25, 0.3) is 22.3 Å². The van der Waals surface area contributed by atoms with E-state index in [1.807, 2.05) is 11.9 Å². The molecular weight excluding hydrogens is 503 g/mol. The quantitative estimate of drug-likeness (QED) is 0.472. The first-order valence-electron chi connectivity index (χ1n) is 12.8. The van der Waals surface area contributed by atoms with Crippen molar-refractivity contribution in [3.8, 4) is 11.4 Å². The number of likely N-dealkylation sites (N-methyl/N-ethyl adjacent to an activating group) is 1. The standard InChI is InChI=1S/C24H30F3N9O2/c1-33-6-8-34(9-7-33)21-16-12-28-17(10-19(16)36(32-21)14-24(25,26)27)20-18(13-29-31-20)30-22(38)35-5-2-15(37)11-23(35)3-4-23/h10,12-13,15,37H,2-9,11,14H2,1H3,(H,29,31)(H,30,38). The van der Waals surface area contributed by atoms with Crippen molar-refractivity contribution >= 4 is 28.4 Å². The monoisotopic (exact) mass is 533 g/mol. The van der Waals surface area contributed by atoms with Gasteiger partial charge in [0, 0.05) is 44.5 Å². The lowest BCUT2D eigenvalue weighted by Gasteiger charge is -2.38. The number of piperazine rings is 1. The lowest BCUT2D eigenvalue weighted by molar-refractivity contribution is -0.141. The number of likely N-dealkylation sites (tertiary alicyclic amines) is 1. The largest absolute Gasteiger partial charge is 0.408 e. The molecule has 1 saturated carbocycles. The number of urea groups is 1. The van der Waals surface area contributed by atoms with Crippen LogP contribution < -0.4 is 10.2 Å². The summed E-state index contributed by atoms with van der Waals surface area (Å²) >= 11 is 0. The molecule has 3 aromatic heterocycles. The Hall–Kier alpha value is -3.39. The number of rotatable bonds is 4. The predicted molar refractivity (Wildman–Crippen MR) is 134 cm³/mol. The molecule has 204 valence electrons. The minimum absolute atomic E-state index is 0.294. The molecular formula is C24H30F3N9O2. The molecule has 1 unspecified atom stereocenters. The van der Waals surface area contributed by atoms with Gasteiger partial charge in [-0.25, -0.2) is 4.79 Å². The average molecular weight is 534 g/mol. The number of nitrogens with zero attached hydrogens (tertiary/aromatic N) is 7. The van der Waals surface area contributed by atoms with E-state index in [1.165, 1.54) is 12.4 Å². The Morgan fingerprint density at radius 1 is 1.21 bits per heavy atom. The molecule has 2 aliphatic heterocycles. The van der Waals surface area contributed by atoms with Gasteiger partial charge in [0.2, 0.25) is 0 Å². The summed E-state index contributed by atoms with van der Waals surface area (Å²) in [6, 6.07) is 1.26. The number of halogens is 3. The molecule has 1 atom stereocenters. The SMILES string of the molecule is CN1CCN(c2nn(CC(F)(F)F)c3cc(-c4[nH]ncc4NC(=O)N4CCC(O)CC45CC5)ncc23)CC1. The van der Waals surface area contributed by atoms with Crippen LogP contribution >= 0.6 is 0 Å². The first-order valence-corrected chi connectivity index (χ1v) is 12.8. The number of hydrogen-bond acceptors (Lipinski definition) is 7. The van der Waals surface area contributed by atoms with Gasteiger partial charge in [-0.05, 0) is 38.8 Å². The Labute approximate surface area is 216 Å². The van der Waals surface area contributed by atoms with Crippen LogP contribution in [0, 0.1) is 0 Å². The molecule has 3 fully saturated rings. The molecule has 6 rings (SSSR count). The van der Waals surface area contributed by atoms with Gasteiger partial charge in [0.1, 0.15) is 12.2 Å². The second-order valence-electron chi connectivity index (χ2n) is 10.6. The second kappa shape index (κ2) is 9.12. The number of hydrogen-bond donors (Lipinski definition) is 3. The Morgan fingerprint density at radius 2 is 1.97 bits per heavy atom. The molecule has 3 aromatic rings. The number of aromatic nitrogens is 5. The number of carbonyl (C=O) groups excluding carboxylic acids is 1. The third-order valence-electron chi connectivity index (χ3n) is 7.83. The van der Waals surface area contributed by atoms with Gasteiger partial charge in [0.05, 0.1) is 34.6 Å². The maximum atomic E-state index is 13.4. The molecule has 3 aliphatic rings. The van der Waals surface area contributed by atoms with E-state index in [0.717, 1.165) is 30.6 Å². The third-order valence-corrected chi connectivity index (χ3v) is 7.83. The number of aliphatic hydroxyl groups excluding tert-OH is 1. The van der Waals surface area contributed by atoms with Crippen LogP contribution in [0.5, 0.6) is 0 Å². The van der Waals surface area contributed by atoms with Crippen molar-refractivity contribution in [1.29, 1.82) is 0 Å². The summed E-state index contributed by atoms with van der Waals surface area (Å²) in [4.78, 5) is 23.6. The zero-order valence-electron chi connectivity index (χ0n) is 21.0.